The normalized spacial score (nSPS) is 27.6. The van der Waals surface area contributed by atoms with Crippen molar-refractivity contribution in [2.24, 2.45) is 11.8 Å². The number of amides is 5. The molecular weight excluding hydrogens is 907 g/mol. The second kappa shape index (κ2) is 18.9. The van der Waals surface area contributed by atoms with Gasteiger partial charge in [0.15, 0.2) is 5.82 Å². The summed E-state index contributed by atoms with van der Waals surface area (Å²) in [4.78, 5) is 93.3. The Morgan fingerprint density at radius 2 is 1.57 bits per heavy atom. The molecule has 5 amide bonds. The first-order valence-corrected chi connectivity index (χ1v) is 27.4. The zero-order chi connectivity index (χ0) is 49.4. The van der Waals surface area contributed by atoms with Gasteiger partial charge in [-0.3, -0.25) is 29.3 Å². The van der Waals surface area contributed by atoms with E-state index in [-0.39, 0.29) is 65.4 Å². The highest BCUT2D eigenvalue weighted by atomic mass is 16.2. The first-order valence-electron chi connectivity index (χ1n) is 27.4. The number of likely N-dealkylation sites (tertiary alicyclic amines) is 3. The van der Waals surface area contributed by atoms with E-state index in [0.29, 0.717) is 70.4 Å². The number of carbonyl (C=O) groups is 5. The van der Waals surface area contributed by atoms with Crippen LogP contribution in [0.1, 0.15) is 140 Å². The number of anilines is 3. The summed E-state index contributed by atoms with van der Waals surface area (Å²) in [5, 5.41) is 6.14. The average Bonchev–Trinajstić information content (AvgIpc) is 3.77. The smallest absolute Gasteiger partial charge is 0.238 e. The summed E-state index contributed by atoms with van der Waals surface area (Å²) in [6.07, 6.45) is 17.7. The third-order valence-electron chi connectivity index (χ3n) is 18.2. The van der Waals surface area contributed by atoms with Gasteiger partial charge in [-0.25, -0.2) is 15.0 Å². The predicted octanol–water partition coefficient (Wildman–Crippen LogP) is 6.94. The lowest BCUT2D eigenvalue weighted by Gasteiger charge is -2.48. The van der Waals surface area contributed by atoms with Crippen LogP contribution in [0.2, 0.25) is 0 Å². The third kappa shape index (κ3) is 8.52. The first kappa shape index (κ1) is 47.1. The van der Waals surface area contributed by atoms with E-state index in [2.05, 4.69) is 73.0 Å². The molecule has 16 nitrogen and oxygen atoms in total. The fraction of sp³-hybridized carbons (Fsp3) is 0.607. The maximum absolute atomic E-state index is 15.2. The van der Waals surface area contributed by atoms with E-state index in [1.165, 1.54) is 19.3 Å². The number of aromatic nitrogens is 4. The Balaban J connectivity index is 0.700. The van der Waals surface area contributed by atoms with Crippen LogP contribution in [0.15, 0.2) is 48.9 Å². The van der Waals surface area contributed by atoms with Gasteiger partial charge >= 0.3 is 0 Å². The van der Waals surface area contributed by atoms with Crippen LogP contribution in [-0.4, -0.2) is 134 Å². The monoisotopic (exact) mass is 978 g/mol. The van der Waals surface area contributed by atoms with Crippen molar-refractivity contribution in [1.82, 2.24) is 39.5 Å². The number of hydrogen-bond acceptors (Lipinski definition) is 11. The number of carbonyl (C=O) groups excluding carboxylic acids is 5. The van der Waals surface area contributed by atoms with Crippen LogP contribution in [0.4, 0.5) is 17.3 Å². The van der Waals surface area contributed by atoms with Crippen molar-refractivity contribution in [3.63, 3.8) is 0 Å². The average molecular weight is 978 g/mol. The molecule has 1 spiro atoms. The van der Waals surface area contributed by atoms with Gasteiger partial charge in [-0.15, -0.1) is 0 Å². The summed E-state index contributed by atoms with van der Waals surface area (Å²) in [7, 11) is 2.04. The minimum absolute atomic E-state index is 0.0624. The van der Waals surface area contributed by atoms with Crippen molar-refractivity contribution in [2.45, 2.75) is 158 Å². The van der Waals surface area contributed by atoms with Crippen LogP contribution in [-0.2, 0) is 29.4 Å². The molecule has 0 radical (unpaired) electrons. The lowest BCUT2D eigenvalue weighted by molar-refractivity contribution is -0.140. The van der Waals surface area contributed by atoms with Crippen LogP contribution >= 0.6 is 0 Å². The molecule has 2 N–H and O–H groups in total. The molecule has 4 saturated heterocycles. The van der Waals surface area contributed by atoms with Crippen molar-refractivity contribution < 1.29 is 24.0 Å². The summed E-state index contributed by atoms with van der Waals surface area (Å²) in [5.41, 5.74) is 6.00. The molecule has 72 heavy (non-hydrogen) atoms. The summed E-state index contributed by atoms with van der Waals surface area (Å²) in [6.45, 7) is 8.73. The number of piperidine rings is 3. The minimum atomic E-state index is -0.688. The van der Waals surface area contributed by atoms with Gasteiger partial charge < -0.3 is 34.4 Å². The Morgan fingerprint density at radius 3 is 2.28 bits per heavy atom. The van der Waals surface area contributed by atoms with Crippen LogP contribution in [0.5, 0.6) is 0 Å². The molecule has 3 aliphatic carbocycles. The van der Waals surface area contributed by atoms with Gasteiger partial charge in [-0.1, -0.05) is 24.6 Å². The van der Waals surface area contributed by atoms with E-state index in [0.717, 1.165) is 115 Å². The number of nitrogens with zero attached hydrogens (tertiary/aromatic N) is 9. The molecule has 3 saturated carbocycles. The van der Waals surface area contributed by atoms with Crippen molar-refractivity contribution in [1.29, 1.82) is 0 Å². The largest absolute Gasteiger partial charge is 0.366 e. The van der Waals surface area contributed by atoms with E-state index in [1.54, 1.807) is 6.20 Å². The molecule has 8 heterocycles. The van der Waals surface area contributed by atoms with Gasteiger partial charge in [0.25, 0.3) is 0 Å². The molecular formula is C56H71N11O5. The van der Waals surface area contributed by atoms with Crippen LogP contribution < -0.4 is 20.4 Å². The van der Waals surface area contributed by atoms with Gasteiger partial charge in [0.1, 0.15) is 11.3 Å². The molecule has 2 atom stereocenters. The highest BCUT2D eigenvalue weighted by Crippen LogP contribution is 2.52. The Kier molecular flexibility index (Phi) is 12.3. The minimum Gasteiger partial charge on any atom is -0.366 e. The van der Waals surface area contributed by atoms with Crippen LogP contribution in [0.3, 0.4) is 0 Å². The highest BCUT2D eigenvalue weighted by Gasteiger charge is 2.56. The molecule has 0 unspecified atom stereocenters. The first-order chi connectivity index (χ1) is 34.9. The van der Waals surface area contributed by atoms with Gasteiger partial charge in [0.2, 0.25) is 29.5 Å². The topological polar surface area (TPSA) is 169 Å². The molecule has 7 fully saturated rings. The van der Waals surface area contributed by atoms with E-state index >= 15 is 4.79 Å². The highest BCUT2D eigenvalue weighted by molar-refractivity contribution is 6.09. The lowest BCUT2D eigenvalue weighted by atomic mass is 9.73. The summed E-state index contributed by atoms with van der Waals surface area (Å²) < 4.78 is 2.20. The maximum Gasteiger partial charge on any atom is 0.238 e. The van der Waals surface area contributed by atoms with Gasteiger partial charge in [0.05, 0.1) is 34.8 Å². The Labute approximate surface area is 422 Å². The molecule has 16 heteroatoms. The van der Waals surface area contributed by atoms with Crippen molar-refractivity contribution >= 4 is 57.9 Å². The molecule has 12 rings (SSSR count). The van der Waals surface area contributed by atoms with Crippen LogP contribution in [0, 0.1) is 11.8 Å². The van der Waals surface area contributed by atoms with Crippen molar-refractivity contribution in [3.8, 4) is 11.3 Å². The molecule has 0 bridgehead atoms. The molecule has 380 valence electrons. The number of fused-ring (bicyclic) bond motifs is 3. The molecule has 8 aliphatic rings. The maximum atomic E-state index is 15.2. The van der Waals surface area contributed by atoms with Gasteiger partial charge in [-0.2, -0.15) is 0 Å². The van der Waals surface area contributed by atoms with E-state index in [4.69, 9.17) is 9.97 Å². The lowest BCUT2D eigenvalue weighted by Crippen LogP contribution is -2.58. The second-order valence-corrected chi connectivity index (χ2v) is 22.9. The Hall–Kier alpha value is -5.90. The number of benzene rings is 1. The number of nitrogens with one attached hydrogen (secondary N) is 2. The van der Waals surface area contributed by atoms with Crippen molar-refractivity contribution in [3.05, 3.63) is 60.0 Å². The zero-order valence-electron chi connectivity index (χ0n) is 42.4. The molecule has 3 aromatic heterocycles. The summed E-state index contributed by atoms with van der Waals surface area (Å²) >= 11 is 0. The molecule has 1 aromatic carbocycles. The summed E-state index contributed by atoms with van der Waals surface area (Å²) in [5.74, 6) is 1.01. The molecule has 5 aliphatic heterocycles. The summed E-state index contributed by atoms with van der Waals surface area (Å²) in [6, 6.07) is 14.1. The van der Waals surface area contributed by atoms with E-state index in [1.807, 2.05) is 35.3 Å². The number of rotatable bonds is 11. The number of imidazole rings is 1. The number of hydrogen-bond donors (Lipinski definition) is 2. The third-order valence-corrected chi connectivity index (χ3v) is 18.2. The van der Waals surface area contributed by atoms with E-state index in [9.17, 15) is 19.2 Å². The predicted molar refractivity (Wildman–Crippen MR) is 275 cm³/mol. The quantitative estimate of drug-likeness (QED) is 0.150. The van der Waals surface area contributed by atoms with Gasteiger partial charge in [0, 0.05) is 93.2 Å². The Morgan fingerprint density at radius 1 is 0.806 bits per heavy atom. The Bertz CT molecular complexity index is 2760. The fourth-order valence-corrected chi connectivity index (χ4v) is 13.6. The number of pyridine rings is 2. The standard InChI is InChI=1S/C56H71N11O5/c1-34(2)66-33-58-46-30-45(60-51(50(46)66)59-39-11-12-39)36-9-16-44-47(27-36)67(42-28-41(29-42)63-22-5-4-6-23-63)55(72)56(44)20-25-64(26-21-56)54(71)38-19-24-65(32-38)53(70)35-7-13-40(14-8-35)62(3)48-17-10-37(31-57-48)43-15-18-49(68)61-52(43)69/h9-10,16-17,27,30-31,33-35,38-43H,4-8,11-15,18-26,28-29,32H2,1-3H3,(H,59,60)(H,61,68,69)/t35?,38-,40?,41?,42?,43-/m1/s1. The van der Waals surface area contributed by atoms with Crippen molar-refractivity contribution in [2.75, 3.05) is 61.4 Å². The van der Waals surface area contributed by atoms with Gasteiger partial charge in [-0.05, 0) is 146 Å². The van der Waals surface area contributed by atoms with Crippen LogP contribution in [0.25, 0.3) is 22.3 Å². The number of imide groups is 1. The fourth-order valence-electron chi connectivity index (χ4n) is 13.6. The second-order valence-electron chi connectivity index (χ2n) is 22.9. The van der Waals surface area contributed by atoms with E-state index < -0.39 is 5.41 Å². The molecule has 4 aromatic rings. The SMILES string of the molecule is CC(C)n1cnc2cc(-c3ccc4c(c3)N(C3CC(N5CCCCC5)C3)C(=O)C43CCN(C(=O)[C@@H]4CCN(C(=O)C5CCC(N(C)c6ccc([C@H]7CCC(=O)NC7=O)cn6)CC5)C4)CC3)nc(NC3CC3)c21. The zero-order valence-corrected chi connectivity index (χ0v) is 42.4.